The van der Waals surface area contributed by atoms with E-state index in [9.17, 15) is 10.2 Å². The van der Waals surface area contributed by atoms with E-state index in [1.54, 1.807) is 6.07 Å². The predicted octanol–water partition coefficient (Wildman–Crippen LogP) is 2.83. The lowest BCUT2D eigenvalue weighted by molar-refractivity contribution is 0.116. The van der Waals surface area contributed by atoms with Crippen LogP contribution in [0.25, 0.3) is 0 Å². The molecule has 2 rings (SSSR count). The van der Waals surface area contributed by atoms with Gasteiger partial charge in [0.2, 0.25) is 0 Å². The maximum atomic E-state index is 9.96. The molecular weight excluding hydrogens is 238 g/mol. The maximum absolute atomic E-state index is 9.96. The summed E-state index contributed by atoms with van der Waals surface area (Å²) < 4.78 is 0. The monoisotopic (exact) mass is 263 g/mol. The van der Waals surface area contributed by atoms with Crippen molar-refractivity contribution in [2.24, 2.45) is 0 Å². The summed E-state index contributed by atoms with van der Waals surface area (Å²) in [5.74, 6) is 0.365. The number of hydrogen-bond acceptors (Lipinski definition) is 3. The van der Waals surface area contributed by atoms with Crippen molar-refractivity contribution in [2.45, 2.75) is 51.6 Å². The molecule has 106 valence electrons. The average molecular weight is 263 g/mol. The Morgan fingerprint density at radius 2 is 1.95 bits per heavy atom. The van der Waals surface area contributed by atoms with Crippen molar-refractivity contribution in [3.63, 3.8) is 0 Å². The van der Waals surface area contributed by atoms with Gasteiger partial charge in [0.15, 0.2) is 0 Å². The Kier molecular flexibility index (Phi) is 5.23. The van der Waals surface area contributed by atoms with Crippen LogP contribution in [0.5, 0.6) is 5.75 Å². The van der Waals surface area contributed by atoms with Crippen molar-refractivity contribution in [1.82, 2.24) is 4.90 Å². The van der Waals surface area contributed by atoms with Gasteiger partial charge in [-0.3, -0.25) is 4.90 Å². The van der Waals surface area contributed by atoms with Crippen LogP contribution in [0, 0.1) is 6.92 Å². The number of benzene rings is 1. The number of nitrogens with zero attached hydrogens (tertiary/aromatic N) is 1. The van der Waals surface area contributed by atoms with E-state index in [4.69, 9.17) is 0 Å². The molecule has 1 aromatic carbocycles. The molecule has 1 fully saturated rings. The second-order valence-electron chi connectivity index (χ2n) is 5.62. The molecule has 0 aromatic heterocycles. The quantitative estimate of drug-likeness (QED) is 0.858. The van der Waals surface area contributed by atoms with Crippen LogP contribution < -0.4 is 0 Å². The molecule has 0 spiro atoms. The van der Waals surface area contributed by atoms with Crippen LogP contribution in [-0.4, -0.2) is 34.3 Å². The Bertz CT molecular complexity index is 400. The Morgan fingerprint density at radius 3 is 2.63 bits per heavy atom. The summed E-state index contributed by atoms with van der Waals surface area (Å²) in [6, 6.07) is 6.29. The molecule has 3 nitrogen and oxygen atoms in total. The molecule has 0 bridgehead atoms. The zero-order valence-corrected chi connectivity index (χ0v) is 11.8. The van der Waals surface area contributed by atoms with Crippen LogP contribution in [0.3, 0.4) is 0 Å². The van der Waals surface area contributed by atoms with Crippen molar-refractivity contribution in [3.05, 3.63) is 29.3 Å². The number of hydrogen-bond donors (Lipinski definition) is 2. The molecule has 0 atom stereocenters. The third-order valence-electron chi connectivity index (χ3n) is 4.09. The Hall–Kier alpha value is -1.06. The molecule has 1 aliphatic rings. The number of phenols is 1. The van der Waals surface area contributed by atoms with Crippen LogP contribution >= 0.6 is 0 Å². The summed E-state index contributed by atoms with van der Waals surface area (Å²) in [5, 5.41) is 19.2. The fraction of sp³-hybridized carbons (Fsp3) is 0.625. The highest BCUT2D eigenvalue weighted by Crippen LogP contribution is 2.26. The summed E-state index contributed by atoms with van der Waals surface area (Å²) in [5.41, 5.74) is 2.14. The molecule has 0 heterocycles. The summed E-state index contributed by atoms with van der Waals surface area (Å²) in [6.45, 7) is 3.65. The van der Waals surface area contributed by atoms with E-state index >= 15 is 0 Å². The lowest BCUT2D eigenvalue weighted by atomic mass is 9.93. The van der Waals surface area contributed by atoms with Crippen molar-refractivity contribution in [3.8, 4) is 5.75 Å². The second-order valence-corrected chi connectivity index (χ2v) is 5.62. The van der Waals surface area contributed by atoms with Gasteiger partial charge in [0, 0.05) is 24.7 Å². The molecule has 1 saturated carbocycles. The first-order valence-corrected chi connectivity index (χ1v) is 7.34. The standard InChI is InChI=1S/C16H25NO2/c1-13-7-8-16(19)14(11-13)12-17(9-10-18)15-5-3-2-4-6-15/h7-8,11,15,18-19H,2-6,9-10,12H2,1H3. The summed E-state index contributed by atoms with van der Waals surface area (Å²) >= 11 is 0. The number of rotatable bonds is 5. The van der Waals surface area contributed by atoms with Gasteiger partial charge in [-0.15, -0.1) is 0 Å². The Morgan fingerprint density at radius 1 is 1.21 bits per heavy atom. The number of aryl methyl sites for hydroxylation is 1. The molecule has 1 aromatic rings. The van der Waals surface area contributed by atoms with E-state index in [2.05, 4.69) is 4.90 Å². The molecule has 0 saturated heterocycles. The number of aliphatic hydroxyl groups is 1. The second kappa shape index (κ2) is 6.92. The predicted molar refractivity (Wildman–Crippen MR) is 77.2 cm³/mol. The van der Waals surface area contributed by atoms with Crippen LogP contribution in [0.2, 0.25) is 0 Å². The van der Waals surface area contributed by atoms with E-state index in [-0.39, 0.29) is 6.61 Å². The topological polar surface area (TPSA) is 43.7 Å². The lowest BCUT2D eigenvalue weighted by Gasteiger charge is -2.34. The summed E-state index contributed by atoms with van der Waals surface area (Å²) in [7, 11) is 0. The molecule has 19 heavy (non-hydrogen) atoms. The molecular formula is C16H25NO2. The zero-order chi connectivity index (χ0) is 13.7. The maximum Gasteiger partial charge on any atom is 0.120 e. The van der Waals surface area contributed by atoms with Gasteiger partial charge in [-0.05, 0) is 25.8 Å². The Balaban J connectivity index is 2.08. The molecule has 0 aliphatic heterocycles. The van der Waals surface area contributed by atoms with E-state index in [1.165, 1.54) is 37.7 Å². The smallest absolute Gasteiger partial charge is 0.120 e. The largest absolute Gasteiger partial charge is 0.508 e. The van der Waals surface area contributed by atoms with Crippen molar-refractivity contribution < 1.29 is 10.2 Å². The van der Waals surface area contributed by atoms with Gasteiger partial charge in [0.25, 0.3) is 0 Å². The van der Waals surface area contributed by atoms with Gasteiger partial charge >= 0.3 is 0 Å². The van der Waals surface area contributed by atoms with Crippen molar-refractivity contribution >= 4 is 0 Å². The fourth-order valence-electron chi connectivity index (χ4n) is 3.03. The highest BCUT2D eigenvalue weighted by Gasteiger charge is 2.21. The van der Waals surface area contributed by atoms with E-state index in [0.717, 1.165) is 12.1 Å². The van der Waals surface area contributed by atoms with E-state index in [1.807, 2.05) is 19.1 Å². The van der Waals surface area contributed by atoms with Crippen LogP contribution in [0.15, 0.2) is 18.2 Å². The summed E-state index contributed by atoms with van der Waals surface area (Å²) in [6.07, 6.45) is 6.33. The van der Waals surface area contributed by atoms with Crippen LogP contribution in [0.4, 0.5) is 0 Å². The van der Waals surface area contributed by atoms with E-state index < -0.39 is 0 Å². The Labute approximate surface area is 115 Å². The molecule has 0 radical (unpaired) electrons. The first-order chi connectivity index (χ1) is 9.20. The fourth-order valence-corrected chi connectivity index (χ4v) is 3.03. The van der Waals surface area contributed by atoms with Crippen LogP contribution in [-0.2, 0) is 6.54 Å². The lowest BCUT2D eigenvalue weighted by Crippen LogP contribution is -2.38. The SMILES string of the molecule is Cc1ccc(O)c(CN(CCO)C2CCCCC2)c1. The number of aromatic hydroxyl groups is 1. The third-order valence-corrected chi connectivity index (χ3v) is 4.09. The van der Waals surface area contributed by atoms with Gasteiger partial charge < -0.3 is 10.2 Å². The van der Waals surface area contributed by atoms with Crippen LogP contribution in [0.1, 0.15) is 43.2 Å². The third kappa shape index (κ3) is 3.95. The molecule has 1 aliphatic carbocycles. The van der Waals surface area contributed by atoms with Gasteiger partial charge in [-0.1, -0.05) is 37.0 Å². The van der Waals surface area contributed by atoms with Crippen molar-refractivity contribution in [1.29, 1.82) is 0 Å². The first-order valence-electron chi connectivity index (χ1n) is 7.34. The highest BCUT2D eigenvalue weighted by atomic mass is 16.3. The minimum Gasteiger partial charge on any atom is -0.508 e. The van der Waals surface area contributed by atoms with Gasteiger partial charge in [0.05, 0.1) is 6.61 Å². The molecule has 2 N–H and O–H groups in total. The normalized spacial score (nSPS) is 17.0. The molecule has 0 unspecified atom stereocenters. The van der Waals surface area contributed by atoms with Gasteiger partial charge in [-0.2, -0.15) is 0 Å². The van der Waals surface area contributed by atoms with Gasteiger partial charge in [-0.25, -0.2) is 0 Å². The summed E-state index contributed by atoms with van der Waals surface area (Å²) in [4.78, 5) is 2.33. The molecule has 3 heteroatoms. The van der Waals surface area contributed by atoms with Crippen molar-refractivity contribution in [2.75, 3.05) is 13.2 Å². The minimum absolute atomic E-state index is 0.184. The van der Waals surface area contributed by atoms with Gasteiger partial charge in [0.1, 0.15) is 5.75 Å². The van der Waals surface area contributed by atoms with E-state index in [0.29, 0.717) is 18.3 Å². The highest BCUT2D eigenvalue weighted by molar-refractivity contribution is 5.35. The zero-order valence-electron chi connectivity index (χ0n) is 11.8. The molecule has 0 amide bonds. The average Bonchev–Trinajstić information content (AvgIpc) is 2.43. The number of phenolic OH excluding ortho intramolecular Hbond substituents is 1. The minimum atomic E-state index is 0.184. The number of aliphatic hydroxyl groups excluding tert-OH is 1. The first kappa shape index (κ1) is 14.4.